The first kappa shape index (κ1) is 14.5. The molecule has 3 aromatic rings. The summed E-state index contributed by atoms with van der Waals surface area (Å²) in [7, 11) is 0. The number of thiophene rings is 1. The zero-order chi connectivity index (χ0) is 15.7. The van der Waals surface area contributed by atoms with Gasteiger partial charge in [0, 0.05) is 15.8 Å². The molecule has 1 aromatic heterocycles. The number of hydrogen-bond donors (Lipinski definition) is 1. The molecule has 0 spiro atoms. The number of rotatable bonds is 4. The SMILES string of the molecule is CC(C(=O)O)c1cc(C(=O)c2ccccc2)c2sccc2c1. The first-order chi connectivity index (χ1) is 10.6. The normalized spacial score (nSPS) is 12.2. The Morgan fingerprint density at radius 1 is 1.09 bits per heavy atom. The van der Waals surface area contributed by atoms with Crippen LogP contribution in [0.1, 0.15) is 34.3 Å². The highest BCUT2D eigenvalue weighted by molar-refractivity contribution is 7.17. The van der Waals surface area contributed by atoms with Crippen molar-refractivity contribution in [2.75, 3.05) is 0 Å². The highest BCUT2D eigenvalue weighted by atomic mass is 32.1. The van der Waals surface area contributed by atoms with Crippen molar-refractivity contribution in [2.24, 2.45) is 0 Å². The molecule has 1 heterocycles. The molecule has 0 saturated carbocycles. The lowest BCUT2D eigenvalue weighted by Gasteiger charge is -2.10. The van der Waals surface area contributed by atoms with Crippen molar-refractivity contribution in [1.29, 1.82) is 0 Å². The van der Waals surface area contributed by atoms with Crippen molar-refractivity contribution in [2.45, 2.75) is 12.8 Å². The third kappa shape index (κ3) is 2.53. The number of aliphatic carboxylic acids is 1. The summed E-state index contributed by atoms with van der Waals surface area (Å²) in [6.45, 7) is 1.63. The molecule has 0 radical (unpaired) electrons. The molecular formula is C18H14O3S. The molecule has 3 nitrogen and oxygen atoms in total. The van der Waals surface area contributed by atoms with Crippen molar-refractivity contribution < 1.29 is 14.7 Å². The molecule has 0 aliphatic rings. The van der Waals surface area contributed by atoms with Gasteiger partial charge in [0.05, 0.1) is 5.92 Å². The van der Waals surface area contributed by atoms with E-state index in [1.807, 2.05) is 35.7 Å². The van der Waals surface area contributed by atoms with Gasteiger partial charge in [0.1, 0.15) is 0 Å². The minimum absolute atomic E-state index is 0.0764. The second-order valence-corrected chi connectivity index (χ2v) is 6.08. The maximum Gasteiger partial charge on any atom is 0.310 e. The minimum Gasteiger partial charge on any atom is -0.481 e. The lowest BCUT2D eigenvalue weighted by molar-refractivity contribution is -0.138. The average molecular weight is 310 g/mol. The molecule has 0 bridgehead atoms. The lowest BCUT2D eigenvalue weighted by Crippen LogP contribution is -2.09. The highest BCUT2D eigenvalue weighted by Crippen LogP contribution is 2.31. The van der Waals surface area contributed by atoms with Crippen LogP contribution in [0, 0.1) is 0 Å². The van der Waals surface area contributed by atoms with Crippen LogP contribution >= 0.6 is 11.3 Å². The summed E-state index contributed by atoms with van der Waals surface area (Å²) in [6.07, 6.45) is 0. The molecule has 1 unspecified atom stereocenters. The number of carboxylic acid groups (broad SMARTS) is 1. The third-order valence-electron chi connectivity index (χ3n) is 3.72. The summed E-state index contributed by atoms with van der Waals surface area (Å²) in [5, 5.41) is 12.1. The van der Waals surface area contributed by atoms with Crippen LogP contribution < -0.4 is 0 Å². The number of ketones is 1. The molecule has 2 aromatic carbocycles. The zero-order valence-corrected chi connectivity index (χ0v) is 12.8. The summed E-state index contributed by atoms with van der Waals surface area (Å²) in [5.74, 6) is -1.62. The Balaban J connectivity index is 2.17. The van der Waals surface area contributed by atoms with E-state index in [1.165, 1.54) is 11.3 Å². The van der Waals surface area contributed by atoms with Gasteiger partial charge in [-0.05, 0) is 41.5 Å². The molecule has 0 aliphatic heterocycles. The van der Waals surface area contributed by atoms with E-state index in [0.717, 1.165) is 10.1 Å². The van der Waals surface area contributed by atoms with Gasteiger partial charge in [-0.3, -0.25) is 9.59 Å². The van der Waals surface area contributed by atoms with Gasteiger partial charge in [-0.1, -0.05) is 30.3 Å². The largest absolute Gasteiger partial charge is 0.481 e. The van der Waals surface area contributed by atoms with Crippen LogP contribution in [-0.4, -0.2) is 16.9 Å². The van der Waals surface area contributed by atoms with E-state index in [4.69, 9.17) is 0 Å². The Kier molecular flexibility index (Phi) is 3.77. The van der Waals surface area contributed by atoms with Gasteiger partial charge in [-0.2, -0.15) is 0 Å². The van der Waals surface area contributed by atoms with Crippen molar-refractivity contribution in [3.63, 3.8) is 0 Å². The quantitative estimate of drug-likeness (QED) is 0.730. The van der Waals surface area contributed by atoms with Crippen LogP contribution in [0.5, 0.6) is 0 Å². The molecule has 0 amide bonds. The smallest absolute Gasteiger partial charge is 0.310 e. The molecular weight excluding hydrogens is 296 g/mol. The number of carbonyl (C=O) groups is 2. The molecule has 0 fully saturated rings. The molecule has 1 N–H and O–H groups in total. The number of hydrogen-bond acceptors (Lipinski definition) is 3. The molecule has 3 rings (SSSR count). The van der Waals surface area contributed by atoms with Crippen LogP contribution in [0.15, 0.2) is 53.9 Å². The van der Waals surface area contributed by atoms with Gasteiger partial charge in [-0.25, -0.2) is 0 Å². The van der Waals surface area contributed by atoms with Crippen LogP contribution in [0.3, 0.4) is 0 Å². The van der Waals surface area contributed by atoms with Gasteiger partial charge in [-0.15, -0.1) is 11.3 Å². The molecule has 0 aliphatic carbocycles. The zero-order valence-electron chi connectivity index (χ0n) is 11.9. The van der Waals surface area contributed by atoms with Crippen LogP contribution in [-0.2, 0) is 4.79 Å². The standard InChI is InChI=1S/C18H14O3S/c1-11(18(20)21)14-9-13-7-8-22-17(13)15(10-14)16(19)12-5-3-2-4-6-12/h2-11H,1H3,(H,20,21). The number of carboxylic acids is 1. The van der Waals surface area contributed by atoms with Gasteiger partial charge < -0.3 is 5.11 Å². The van der Waals surface area contributed by atoms with Crippen molar-refractivity contribution in [3.05, 3.63) is 70.6 Å². The van der Waals surface area contributed by atoms with E-state index in [-0.39, 0.29) is 5.78 Å². The van der Waals surface area contributed by atoms with E-state index in [2.05, 4.69) is 0 Å². The second kappa shape index (κ2) is 5.73. The maximum absolute atomic E-state index is 12.8. The predicted octanol–water partition coefficient (Wildman–Crippen LogP) is 4.32. The van der Waals surface area contributed by atoms with E-state index in [1.54, 1.807) is 25.1 Å². The minimum atomic E-state index is -0.896. The van der Waals surface area contributed by atoms with Crippen molar-refractivity contribution in [1.82, 2.24) is 0 Å². The summed E-state index contributed by atoms with van der Waals surface area (Å²) in [6, 6.07) is 14.5. The van der Waals surface area contributed by atoms with E-state index >= 15 is 0 Å². The van der Waals surface area contributed by atoms with E-state index < -0.39 is 11.9 Å². The molecule has 0 saturated heterocycles. The molecule has 22 heavy (non-hydrogen) atoms. The fourth-order valence-electron chi connectivity index (χ4n) is 2.41. The molecule has 110 valence electrons. The fraction of sp³-hybridized carbons (Fsp3) is 0.111. The maximum atomic E-state index is 12.8. The van der Waals surface area contributed by atoms with Crippen LogP contribution in [0.25, 0.3) is 10.1 Å². The summed E-state index contributed by atoms with van der Waals surface area (Å²) < 4.78 is 0.898. The summed E-state index contributed by atoms with van der Waals surface area (Å²) in [5.41, 5.74) is 1.83. The third-order valence-corrected chi connectivity index (χ3v) is 4.69. The van der Waals surface area contributed by atoms with E-state index in [0.29, 0.717) is 16.7 Å². The monoisotopic (exact) mass is 310 g/mol. The highest BCUT2D eigenvalue weighted by Gasteiger charge is 2.19. The van der Waals surface area contributed by atoms with Gasteiger partial charge >= 0.3 is 5.97 Å². The lowest BCUT2D eigenvalue weighted by atomic mass is 9.94. The van der Waals surface area contributed by atoms with Crippen molar-refractivity contribution >= 4 is 33.2 Å². The molecule has 1 atom stereocenters. The van der Waals surface area contributed by atoms with Gasteiger partial charge in [0.25, 0.3) is 0 Å². The fourth-order valence-corrected chi connectivity index (χ4v) is 3.30. The number of benzene rings is 2. The Labute approximate surface area is 131 Å². The van der Waals surface area contributed by atoms with E-state index in [9.17, 15) is 14.7 Å². The average Bonchev–Trinajstić information content (AvgIpc) is 3.01. The van der Waals surface area contributed by atoms with Gasteiger partial charge in [0.15, 0.2) is 5.78 Å². The summed E-state index contributed by atoms with van der Waals surface area (Å²) >= 11 is 1.50. The van der Waals surface area contributed by atoms with Gasteiger partial charge in [0.2, 0.25) is 0 Å². The first-order valence-electron chi connectivity index (χ1n) is 6.91. The molecule has 4 heteroatoms. The Morgan fingerprint density at radius 2 is 1.82 bits per heavy atom. The Morgan fingerprint density at radius 3 is 2.50 bits per heavy atom. The predicted molar refractivity (Wildman–Crippen MR) is 87.8 cm³/mol. The Hall–Kier alpha value is -2.46. The number of fused-ring (bicyclic) bond motifs is 1. The number of carbonyl (C=O) groups excluding carboxylic acids is 1. The summed E-state index contributed by atoms with van der Waals surface area (Å²) in [4.78, 5) is 24.0. The van der Waals surface area contributed by atoms with Crippen molar-refractivity contribution in [3.8, 4) is 0 Å². The van der Waals surface area contributed by atoms with Crippen LogP contribution in [0.4, 0.5) is 0 Å². The topological polar surface area (TPSA) is 54.4 Å². The Bertz CT molecular complexity index is 849. The second-order valence-electron chi connectivity index (χ2n) is 5.16. The first-order valence-corrected chi connectivity index (χ1v) is 7.79. The van der Waals surface area contributed by atoms with Crippen LogP contribution in [0.2, 0.25) is 0 Å².